The van der Waals surface area contributed by atoms with Crippen molar-refractivity contribution in [2.24, 2.45) is 0 Å². The van der Waals surface area contributed by atoms with Gasteiger partial charge in [-0.05, 0) is 51.3 Å². The Morgan fingerprint density at radius 1 is 1.17 bits per heavy atom. The molecule has 2 heterocycles. The number of benzene rings is 1. The second kappa shape index (κ2) is 9.30. The lowest BCUT2D eigenvalue weighted by Gasteiger charge is -2.11. The van der Waals surface area contributed by atoms with Crippen molar-refractivity contribution in [3.8, 4) is 16.6 Å². The molecule has 0 spiro atoms. The molecular formula is C22H28N4O3S. The number of anilines is 1. The third-order valence-electron chi connectivity index (χ3n) is 5.05. The zero-order valence-electron chi connectivity index (χ0n) is 18.3. The van der Waals surface area contributed by atoms with Crippen LogP contribution in [0.1, 0.15) is 52.1 Å². The molecule has 1 aromatic carbocycles. The van der Waals surface area contributed by atoms with Crippen LogP contribution in [-0.2, 0) is 6.42 Å². The third kappa shape index (κ3) is 4.33. The van der Waals surface area contributed by atoms with Crippen LogP contribution in [0.25, 0.3) is 5.13 Å². The lowest BCUT2D eigenvalue weighted by atomic mass is 10.1. The van der Waals surface area contributed by atoms with Crippen LogP contribution in [-0.4, -0.2) is 34.9 Å². The predicted molar refractivity (Wildman–Crippen MR) is 120 cm³/mol. The zero-order valence-corrected chi connectivity index (χ0v) is 19.1. The molecule has 0 aliphatic rings. The summed E-state index contributed by atoms with van der Waals surface area (Å²) in [7, 11) is 3.14. The van der Waals surface area contributed by atoms with E-state index in [0.717, 1.165) is 30.7 Å². The minimum atomic E-state index is -0.229. The van der Waals surface area contributed by atoms with E-state index in [1.165, 1.54) is 16.9 Å². The molecule has 0 aliphatic carbocycles. The summed E-state index contributed by atoms with van der Waals surface area (Å²) in [4.78, 5) is 18.1. The van der Waals surface area contributed by atoms with Crippen LogP contribution in [0.3, 0.4) is 0 Å². The lowest BCUT2D eigenvalue weighted by molar-refractivity contribution is 0.102. The Kier molecular flexibility index (Phi) is 6.77. The molecule has 3 aromatic rings. The molecule has 30 heavy (non-hydrogen) atoms. The number of hydrogen-bond donors (Lipinski definition) is 1. The van der Waals surface area contributed by atoms with Crippen molar-refractivity contribution < 1.29 is 14.3 Å². The van der Waals surface area contributed by atoms with Crippen LogP contribution in [0.2, 0.25) is 0 Å². The van der Waals surface area contributed by atoms with Crippen molar-refractivity contribution in [3.63, 3.8) is 0 Å². The fourth-order valence-electron chi connectivity index (χ4n) is 3.34. The van der Waals surface area contributed by atoms with Crippen molar-refractivity contribution in [1.29, 1.82) is 0 Å². The van der Waals surface area contributed by atoms with Gasteiger partial charge in [0, 0.05) is 11.8 Å². The molecule has 0 bridgehead atoms. The molecular weight excluding hydrogens is 400 g/mol. The Labute approximate surface area is 181 Å². The number of rotatable bonds is 8. The standard InChI is InChI=1S/C22H28N4O3S/c1-7-8-9-17-13(2)25-26(15(17)4)22-23-14(3)20(30-22)21(27)24-18-11-10-16(28-5)12-19(18)29-6/h10-12H,7-9H2,1-6H3,(H,24,27). The summed E-state index contributed by atoms with van der Waals surface area (Å²) in [5.74, 6) is 0.959. The van der Waals surface area contributed by atoms with Crippen LogP contribution in [0, 0.1) is 20.8 Å². The van der Waals surface area contributed by atoms with Crippen LogP contribution in [0.15, 0.2) is 18.2 Å². The number of unbranched alkanes of at least 4 members (excludes halogenated alkanes) is 1. The van der Waals surface area contributed by atoms with Gasteiger partial charge in [-0.1, -0.05) is 24.7 Å². The third-order valence-corrected chi connectivity index (χ3v) is 6.18. The summed E-state index contributed by atoms with van der Waals surface area (Å²) in [5, 5.41) is 8.29. The highest BCUT2D eigenvalue weighted by Crippen LogP contribution is 2.31. The van der Waals surface area contributed by atoms with Gasteiger partial charge in [-0.3, -0.25) is 4.79 Å². The van der Waals surface area contributed by atoms with Gasteiger partial charge in [-0.15, -0.1) is 0 Å². The van der Waals surface area contributed by atoms with Crippen molar-refractivity contribution in [1.82, 2.24) is 14.8 Å². The van der Waals surface area contributed by atoms with Crippen molar-refractivity contribution >= 4 is 22.9 Å². The molecule has 0 fully saturated rings. The number of ether oxygens (including phenoxy) is 2. The monoisotopic (exact) mass is 428 g/mol. The summed E-state index contributed by atoms with van der Waals surface area (Å²) in [5.41, 5.74) is 4.60. The molecule has 160 valence electrons. The Morgan fingerprint density at radius 3 is 2.60 bits per heavy atom. The van der Waals surface area contributed by atoms with Crippen molar-refractivity contribution in [3.05, 3.63) is 45.7 Å². The lowest BCUT2D eigenvalue weighted by Crippen LogP contribution is -2.12. The van der Waals surface area contributed by atoms with E-state index in [-0.39, 0.29) is 5.91 Å². The predicted octanol–water partition coefficient (Wildman–Crippen LogP) is 4.87. The maximum absolute atomic E-state index is 12.9. The largest absolute Gasteiger partial charge is 0.497 e. The second-order valence-corrected chi connectivity index (χ2v) is 8.07. The summed E-state index contributed by atoms with van der Waals surface area (Å²) in [6, 6.07) is 5.26. The van der Waals surface area contributed by atoms with Crippen LogP contribution >= 0.6 is 11.3 Å². The maximum atomic E-state index is 12.9. The van der Waals surface area contributed by atoms with Crippen LogP contribution < -0.4 is 14.8 Å². The van der Waals surface area contributed by atoms with Gasteiger partial charge in [0.05, 0.1) is 31.3 Å². The smallest absolute Gasteiger partial charge is 0.267 e. The summed E-state index contributed by atoms with van der Waals surface area (Å²) in [6.07, 6.45) is 3.27. The van der Waals surface area contributed by atoms with E-state index in [9.17, 15) is 4.79 Å². The fraction of sp³-hybridized carbons (Fsp3) is 0.409. The average molecular weight is 429 g/mol. The van der Waals surface area contributed by atoms with E-state index >= 15 is 0 Å². The molecule has 0 radical (unpaired) electrons. The first-order valence-electron chi connectivity index (χ1n) is 9.95. The van der Waals surface area contributed by atoms with E-state index in [1.54, 1.807) is 32.4 Å². The number of amides is 1. The highest BCUT2D eigenvalue weighted by molar-refractivity contribution is 7.16. The minimum Gasteiger partial charge on any atom is -0.497 e. The highest BCUT2D eigenvalue weighted by atomic mass is 32.1. The molecule has 2 aromatic heterocycles. The topological polar surface area (TPSA) is 78.3 Å². The molecule has 0 atom stereocenters. The van der Waals surface area contributed by atoms with E-state index < -0.39 is 0 Å². The SMILES string of the molecule is CCCCc1c(C)nn(-c2nc(C)c(C(=O)Nc3ccc(OC)cc3OC)s2)c1C. The summed E-state index contributed by atoms with van der Waals surface area (Å²) in [6.45, 7) is 8.11. The van der Waals surface area contributed by atoms with Gasteiger partial charge in [-0.25, -0.2) is 9.67 Å². The Morgan fingerprint density at radius 2 is 1.93 bits per heavy atom. The van der Waals surface area contributed by atoms with Crippen LogP contribution in [0.4, 0.5) is 5.69 Å². The average Bonchev–Trinajstić information content (AvgIpc) is 3.26. The number of carbonyl (C=O) groups is 1. The number of carbonyl (C=O) groups excluding carboxylic acids is 1. The van der Waals surface area contributed by atoms with Gasteiger partial charge in [0.25, 0.3) is 5.91 Å². The number of nitrogens with one attached hydrogen (secondary N) is 1. The summed E-state index contributed by atoms with van der Waals surface area (Å²) < 4.78 is 12.4. The second-order valence-electron chi connectivity index (χ2n) is 7.10. The number of nitrogens with zero attached hydrogens (tertiary/aromatic N) is 3. The number of aromatic nitrogens is 3. The van der Waals surface area contributed by atoms with Crippen molar-refractivity contribution in [2.45, 2.75) is 47.0 Å². The van der Waals surface area contributed by atoms with E-state index in [1.807, 2.05) is 18.5 Å². The number of hydrogen-bond acceptors (Lipinski definition) is 6. The van der Waals surface area contributed by atoms with Gasteiger partial charge in [0.15, 0.2) is 0 Å². The fourth-order valence-corrected chi connectivity index (χ4v) is 4.31. The van der Waals surface area contributed by atoms with Gasteiger partial charge < -0.3 is 14.8 Å². The minimum absolute atomic E-state index is 0.229. The first-order chi connectivity index (χ1) is 14.4. The van der Waals surface area contributed by atoms with Gasteiger partial charge in [0.1, 0.15) is 16.4 Å². The van der Waals surface area contributed by atoms with E-state index in [0.29, 0.717) is 32.9 Å². The molecule has 7 nitrogen and oxygen atoms in total. The van der Waals surface area contributed by atoms with Gasteiger partial charge in [-0.2, -0.15) is 5.10 Å². The quantitative estimate of drug-likeness (QED) is 0.554. The molecule has 1 amide bonds. The molecule has 3 rings (SSSR count). The van der Waals surface area contributed by atoms with Gasteiger partial charge in [0.2, 0.25) is 5.13 Å². The van der Waals surface area contributed by atoms with Crippen molar-refractivity contribution in [2.75, 3.05) is 19.5 Å². The number of thiazole rings is 1. The first kappa shape index (κ1) is 21.8. The molecule has 0 saturated heterocycles. The highest BCUT2D eigenvalue weighted by Gasteiger charge is 2.21. The molecule has 0 aliphatic heterocycles. The molecule has 1 N–H and O–H groups in total. The van der Waals surface area contributed by atoms with Crippen LogP contribution in [0.5, 0.6) is 11.5 Å². The Hall–Kier alpha value is -2.87. The number of aryl methyl sites for hydroxylation is 2. The van der Waals surface area contributed by atoms with E-state index in [4.69, 9.17) is 9.47 Å². The zero-order chi connectivity index (χ0) is 21.8. The molecule has 0 unspecified atom stereocenters. The maximum Gasteiger partial charge on any atom is 0.267 e. The van der Waals surface area contributed by atoms with Gasteiger partial charge >= 0.3 is 0 Å². The van der Waals surface area contributed by atoms with E-state index in [2.05, 4.69) is 29.2 Å². The Bertz CT molecular complexity index is 1060. The molecule has 8 heteroatoms. The number of methoxy groups -OCH3 is 2. The molecule has 0 saturated carbocycles. The first-order valence-corrected chi connectivity index (χ1v) is 10.8. The Balaban J connectivity index is 1.87. The normalized spacial score (nSPS) is 10.9. The summed E-state index contributed by atoms with van der Waals surface area (Å²) >= 11 is 1.33.